The van der Waals surface area contributed by atoms with Gasteiger partial charge in [0.2, 0.25) is 0 Å². The number of aryl methyl sites for hydroxylation is 1. The van der Waals surface area contributed by atoms with E-state index in [2.05, 4.69) is 32.5 Å². The quantitative estimate of drug-likeness (QED) is 0.635. The van der Waals surface area contributed by atoms with Crippen molar-refractivity contribution in [1.29, 1.82) is 0 Å². The summed E-state index contributed by atoms with van der Waals surface area (Å²) in [5.74, 6) is 1.64. The summed E-state index contributed by atoms with van der Waals surface area (Å²) in [4.78, 5) is 0. The molecule has 0 spiro atoms. The van der Waals surface area contributed by atoms with Gasteiger partial charge in [0.05, 0.1) is 5.69 Å². The molecule has 1 fully saturated rings. The van der Waals surface area contributed by atoms with Crippen LogP contribution in [-0.4, -0.2) is 9.78 Å². The van der Waals surface area contributed by atoms with Gasteiger partial charge in [0, 0.05) is 29.6 Å². The Labute approximate surface area is 91.7 Å². The summed E-state index contributed by atoms with van der Waals surface area (Å²) < 4.78 is 2.15. The van der Waals surface area contributed by atoms with E-state index in [9.17, 15) is 0 Å². The molecule has 2 unspecified atom stereocenters. The molecule has 2 heteroatoms. The lowest BCUT2D eigenvalue weighted by molar-refractivity contribution is 0.536. The molecule has 2 aliphatic carbocycles. The molecule has 0 amide bonds. The Morgan fingerprint density at radius 3 is 2.53 bits per heavy atom. The summed E-state index contributed by atoms with van der Waals surface area (Å²) in [5, 5.41) is 4.76. The summed E-state index contributed by atoms with van der Waals surface area (Å²) in [5.41, 5.74) is 4.72. The SMILES string of the molecule is Cn1nc(C(C)(C)C)c2c1C1CCC2C1. The molecule has 0 radical (unpaired) electrons. The van der Waals surface area contributed by atoms with E-state index in [0.717, 1.165) is 11.8 Å². The van der Waals surface area contributed by atoms with Gasteiger partial charge in [-0.1, -0.05) is 20.8 Å². The third-order valence-electron chi connectivity index (χ3n) is 4.07. The van der Waals surface area contributed by atoms with Gasteiger partial charge in [-0.3, -0.25) is 4.68 Å². The first-order chi connectivity index (χ1) is 6.98. The zero-order valence-corrected chi connectivity index (χ0v) is 10.2. The molecule has 0 aliphatic heterocycles. The molecule has 1 saturated carbocycles. The van der Waals surface area contributed by atoms with Crippen molar-refractivity contribution >= 4 is 0 Å². The molecule has 2 nitrogen and oxygen atoms in total. The van der Waals surface area contributed by atoms with Gasteiger partial charge < -0.3 is 0 Å². The Bertz CT molecular complexity index is 409. The molecule has 0 N–H and O–H groups in total. The Morgan fingerprint density at radius 1 is 1.20 bits per heavy atom. The number of hydrogen-bond donors (Lipinski definition) is 0. The number of aromatic nitrogens is 2. The zero-order chi connectivity index (χ0) is 10.8. The normalized spacial score (nSPS) is 28.5. The lowest BCUT2D eigenvalue weighted by atomic mass is 9.84. The number of fused-ring (bicyclic) bond motifs is 5. The molecule has 2 bridgehead atoms. The largest absolute Gasteiger partial charge is 0.272 e. The van der Waals surface area contributed by atoms with Crippen LogP contribution in [0.4, 0.5) is 0 Å². The van der Waals surface area contributed by atoms with Crippen LogP contribution in [0.5, 0.6) is 0 Å². The second-order valence-corrected chi connectivity index (χ2v) is 6.23. The van der Waals surface area contributed by atoms with E-state index in [1.807, 2.05) is 0 Å². The maximum Gasteiger partial charge on any atom is 0.0715 e. The van der Waals surface area contributed by atoms with Crippen molar-refractivity contribution in [1.82, 2.24) is 9.78 Å². The van der Waals surface area contributed by atoms with Crippen LogP contribution in [0.3, 0.4) is 0 Å². The first-order valence-corrected chi connectivity index (χ1v) is 6.05. The van der Waals surface area contributed by atoms with E-state index in [1.165, 1.54) is 25.0 Å². The van der Waals surface area contributed by atoms with Gasteiger partial charge in [0.15, 0.2) is 0 Å². The lowest BCUT2D eigenvalue weighted by Gasteiger charge is -2.20. The van der Waals surface area contributed by atoms with Crippen LogP contribution in [0.1, 0.15) is 68.8 Å². The number of nitrogens with zero attached hydrogens (tertiary/aromatic N) is 2. The summed E-state index contributed by atoms with van der Waals surface area (Å²) in [7, 11) is 2.12. The van der Waals surface area contributed by atoms with Gasteiger partial charge in [-0.2, -0.15) is 5.10 Å². The Hall–Kier alpha value is -0.790. The van der Waals surface area contributed by atoms with Gasteiger partial charge in [-0.15, -0.1) is 0 Å². The standard InChI is InChI=1S/C13H20N2/c1-13(2,3)12-10-8-5-6-9(7-8)11(10)15(4)14-12/h8-9H,5-7H2,1-4H3. The molecular formula is C13H20N2. The summed E-state index contributed by atoms with van der Waals surface area (Å²) >= 11 is 0. The molecule has 2 atom stereocenters. The third kappa shape index (κ3) is 1.14. The van der Waals surface area contributed by atoms with Gasteiger partial charge in [0.1, 0.15) is 0 Å². The first kappa shape index (κ1) is 9.44. The van der Waals surface area contributed by atoms with Crippen LogP contribution in [0.25, 0.3) is 0 Å². The molecule has 1 aromatic rings. The molecule has 82 valence electrons. The van der Waals surface area contributed by atoms with Crippen molar-refractivity contribution in [2.45, 2.75) is 57.3 Å². The molecule has 3 rings (SSSR count). The topological polar surface area (TPSA) is 17.8 Å². The van der Waals surface area contributed by atoms with Crippen LogP contribution in [0.2, 0.25) is 0 Å². The van der Waals surface area contributed by atoms with Gasteiger partial charge in [-0.05, 0) is 25.2 Å². The minimum Gasteiger partial charge on any atom is -0.272 e. The van der Waals surface area contributed by atoms with Crippen molar-refractivity contribution in [3.63, 3.8) is 0 Å². The Morgan fingerprint density at radius 2 is 1.87 bits per heavy atom. The second kappa shape index (κ2) is 2.66. The van der Waals surface area contributed by atoms with Crippen molar-refractivity contribution < 1.29 is 0 Å². The molecule has 0 saturated heterocycles. The maximum absolute atomic E-state index is 4.76. The first-order valence-electron chi connectivity index (χ1n) is 6.05. The average Bonchev–Trinajstić information content (AvgIpc) is 2.73. The lowest BCUT2D eigenvalue weighted by Crippen LogP contribution is -2.15. The van der Waals surface area contributed by atoms with Gasteiger partial charge >= 0.3 is 0 Å². The van der Waals surface area contributed by atoms with E-state index >= 15 is 0 Å². The second-order valence-electron chi connectivity index (χ2n) is 6.23. The van der Waals surface area contributed by atoms with E-state index in [1.54, 1.807) is 11.3 Å². The fourth-order valence-electron chi connectivity index (χ4n) is 3.49. The van der Waals surface area contributed by atoms with Crippen molar-refractivity contribution in [2.24, 2.45) is 7.05 Å². The van der Waals surface area contributed by atoms with Crippen molar-refractivity contribution in [2.75, 3.05) is 0 Å². The highest BCUT2D eigenvalue weighted by Gasteiger charge is 2.43. The summed E-state index contributed by atoms with van der Waals surface area (Å²) in [6.45, 7) is 6.84. The molecule has 15 heavy (non-hydrogen) atoms. The molecular weight excluding hydrogens is 184 g/mol. The van der Waals surface area contributed by atoms with E-state index in [-0.39, 0.29) is 5.41 Å². The molecule has 2 aliphatic rings. The highest BCUT2D eigenvalue weighted by Crippen LogP contribution is 2.55. The van der Waals surface area contributed by atoms with Crippen LogP contribution in [0.15, 0.2) is 0 Å². The van der Waals surface area contributed by atoms with Crippen LogP contribution < -0.4 is 0 Å². The smallest absolute Gasteiger partial charge is 0.0715 e. The Kier molecular flexibility index (Phi) is 1.67. The van der Waals surface area contributed by atoms with Gasteiger partial charge in [-0.25, -0.2) is 0 Å². The zero-order valence-electron chi connectivity index (χ0n) is 10.2. The summed E-state index contributed by atoms with van der Waals surface area (Å²) in [6, 6.07) is 0. The Balaban J connectivity index is 2.21. The third-order valence-corrected chi connectivity index (χ3v) is 4.07. The molecule has 0 aromatic carbocycles. The summed E-state index contributed by atoms with van der Waals surface area (Å²) in [6.07, 6.45) is 4.18. The van der Waals surface area contributed by atoms with Gasteiger partial charge in [0.25, 0.3) is 0 Å². The molecule has 1 heterocycles. The van der Waals surface area contributed by atoms with Crippen molar-refractivity contribution in [3.05, 3.63) is 17.0 Å². The van der Waals surface area contributed by atoms with Crippen LogP contribution in [0, 0.1) is 0 Å². The molecule has 1 aromatic heterocycles. The average molecular weight is 204 g/mol. The fourth-order valence-corrected chi connectivity index (χ4v) is 3.49. The predicted octanol–water partition coefficient (Wildman–Crippen LogP) is 3.08. The predicted molar refractivity (Wildman–Crippen MR) is 61.2 cm³/mol. The maximum atomic E-state index is 4.76. The fraction of sp³-hybridized carbons (Fsp3) is 0.769. The monoisotopic (exact) mass is 204 g/mol. The van der Waals surface area contributed by atoms with E-state index < -0.39 is 0 Å². The highest BCUT2D eigenvalue weighted by atomic mass is 15.3. The van der Waals surface area contributed by atoms with Crippen molar-refractivity contribution in [3.8, 4) is 0 Å². The number of hydrogen-bond acceptors (Lipinski definition) is 1. The van der Waals surface area contributed by atoms with Crippen LogP contribution >= 0.6 is 0 Å². The number of rotatable bonds is 0. The minimum atomic E-state index is 0.204. The van der Waals surface area contributed by atoms with E-state index in [0.29, 0.717) is 0 Å². The van der Waals surface area contributed by atoms with Crippen LogP contribution in [-0.2, 0) is 12.5 Å². The highest BCUT2D eigenvalue weighted by molar-refractivity contribution is 5.43. The minimum absolute atomic E-state index is 0.204. The van der Waals surface area contributed by atoms with E-state index in [4.69, 9.17) is 5.10 Å².